The van der Waals surface area contributed by atoms with E-state index in [9.17, 15) is 19.0 Å². The Balaban J connectivity index is 2.54. The quantitative estimate of drug-likeness (QED) is 0.888. The first-order chi connectivity index (χ1) is 8.94. The molecule has 0 saturated carbocycles. The summed E-state index contributed by atoms with van der Waals surface area (Å²) in [6.07, 6.45) is -2.61. The minimum Gasteiger partial charge on any atom is -0.508 e. The van der Waals surface area contributed by atoms with Crippen LogP contribution < -0.4 is 0 Å². The molecular formula is C15H14F2O2. The highest BCUT2D eigenvalue weighted by atomic mass is 19.3. The molecule has 2 aromatic carbocycles. The molecule has 0 saturated heterocycles. The highest BCUT2D eigenvalue weighted by Gasteiger charge is 2.38. The van der Waals surface area contributed by atoms with Crippen LogP contribution in [0.3, 0.4) is 0 Å². The molecule has 0 aliphatic rings. The van der Waals surface area contributed by atoms with Gasteiger partial charge in [0.1, 0.15) is 11.5 Å². The van der Waals surface area contributed by atoms with Crippen LogP contribution in [0.15, 0.2) is 48.5 Å². The number of phenols is 2. The molecule has 0 radical (unpaired) electrons. The van der Waals surface area contributed by atoms with Gasteiger partial charge in [0.15, 0.2) is 0 Å². The maximum atomic E-state index is 13.5. The van der Waals surface area contributed by atoms with Gasteiger partial charge in [-0.2, -0.15) is 0 Å². The Morgan fingerprint density at radius 2 is 1.11 bits per heavy atom. The lowest BCUT2D eigenvalue weighted by Crippen LogP contribution is -2.32. The van der Waals surface area contributed by atoms with Crippen molar-refractivity contribution in [3.8, 4) is 11.5 Å². The lowest BCUT2D eigenvalue weighted by molar-refractivity contribution is 0.0806. The van der Waals surface area contributed by atoms with Crippen LogP contribution in [0.25, 0.3) is 0 Å². The smallest absolute Gasteiger partial charge is 0.251 e. The summed E-state index contributed by atoms with van der Waals surface area (Å²) in [6, 6.07) is 11.5. The number of hydrogen-bond acceptors (Lipinski definition) is 2. The number of halogens is 2. The SMILES string of the molecule is CC(c1ccc(O)cc1)(c1ccc(O)cc1)C(F)F. The Morgan fingerprint density at radius 3 is 1.37 bits per heavy atom. The number of hydrogen-bond donors (Lipinski definition) is 2. The van der Waals surface area contributed by atoms with E-state index in [1.807, 2.05) is 0 Å². The average Bonchev–Trinajstić information content (AvgIpc) is 2.39. The maximum absolute atomic E-state index is 13.5. The van der Waals surface area contributed by atoms with Crippen LogP contribution in [0.4, 0.5) is 8.78 Å². The van der Waals surface area contributed by atoms with Gasteiger partial charge in [-0.1, -0.05) is 24.3 Å². The minimum atomic E-state index is -2.61. The lowest BCUT2D eigenvalue weighted by Gasteiger charge is -2.30. The van der Waals surface area contributed by atoms with E-state index in [1.165, 1.54) is 55.5 Å². The highest BCUT2D eigenvalue weighted by Crippen LogP contribution is 2.38. The second kappa shape index (κ2) is 4.88. The summed E-state index contributed by atoms with van der Waals surface area (Å²) in [5, 5.41) is 18.5. The van der Waals surface area contributed by atoms with E-state index < -0.39 is 11.8 Å². The summed E-state index contributed by atoms with van der Waals surface area (Å²) < 4.78 is 27.1. The lowest BCUT2D eigenvalue weighted by atomic mass is 9.76. The normalized spacial score (nSPS) is 11.8. The molecule has 0 aromatic heterocycles. The molecule has 2 aromatic rings. The number of phenolic OH excluding ortho intramolecular Hbond substituents is 2. The molecule has 100 valence electrons. The van der Waals surface area contributed by atoms with Gasteiger partial charge in [0, 0.05) is 0 Å². The Morgan fingerprint density at radius 1 is 0.789 bits per heavy atom. The Labute approximate surface area is 110 Å². The molecule has 0 aliphatic heterocycles. The predicted molar refractivity (Wildman–Crippen MR) is 68.7 cm³/mol. The zero-order valence-electron chi connectivity index (χ0n) is 10.3. The van der Waals surface area contributed by atoms with Gasteiger partial charge in [-0.25, -0.2) is 8.78 Å². The molecule has 0 atom stereocenters. The van der Waals surface area contributed by atoms with E-state index in [0.29, 0.717) is 11.1 Å². The van der Waals surface area contributed by atoms with Crippen molar-refractivity contribution in [1.29, 1.82) is 0 Å². The van der Waals surface area contributed by atoms with Gasteiger partial charge in [0.25, 0.3) is 6.43 Å². The molecule has 0 amide bonds. The van der Waals surface area contributed by atoms with Crippen LogP contribution in [0.2, 0.25) is 0 Å². The highest BCUT2D eigenvalue weighted by molar-refractivity contribution is 5.42. The van der Waals surface area contributed by atoms with Crippen LogP contribution >= 0.6 is 0 Å². The summed E-state index contributed by atoms with van der Waals surface area (Å²) in [5.74, 6) is 0.0668. The average molecular weight is 264 g/mol. The molecule has 0 fully saturated rings. The molecule has 0 heterocycles. The number of alkyl halides is 2. The number of benzene rings is 2. The number of aromatic hydroxyl groups is 2. The van der Waals surface area contributed by atoms with Crippen molar-refractivity contribution in [3.05, 3.63) is 59.7 Å². The summed E-state index contributed by atoms with van der Waals surface area (Å²) in [6.45, 7) is 1.44. The maximum Gasteiger partial charge on any atom is 0.251 e. The van der Waals surface area contributed by atoms with Crippen LogP contribution in [-0.2, 0) is 5.41 Å². The van der Waals surface area contributed by atoms with E-state index in [2.05, 4.69) is 0 Å². The molecule has 0 aliphatic carbocycles. The van der Waals surface area contributed by atoms with Crippen molar-refractivity contribution in [1.82, 2.24) is 0 Å². The third kappa shape index (κ3) is 2.38. The van der Waals surface area contributed by atoms with E-state index >= 15 is 0 Å². The molecule has 19 heavy (non-hydrogen) atoms. The third-order valence-electron chi connectivity index (χ3n) is 3.37. The monoisotopic (exact) mass is 264 g/mol. The Bertz CT molecular complexity index is 502. The van der Waals surface area contributed by atoms with E-state index in [1.54, 1.807) is 0 Å². The van der Waals surface area contributed by atoms with Gasteiger partial charge in [0.2, 0.25) is 0 Å². The van der Waals surface area contributed by atoms with Gasteiger partial charge in [-0.05, 0) is 42.3 Å². The summed E-state index contributed by atoms with van der Waals surface area (Å²) in [4.78, 5) is 0. The first-order valence-electron chi connectivity index (χ1n) is 5.82. The van der Waals surface area contributed by atoms with Gasteiger partial charge in [-0.15, -0.1) is 0 Å². The van der Waals surface area contributed by atoms with Crippen molar-refractivity contribution in [2.24, 2.45) is 0 Å². The van der Waals surface area contributed by atoms with E-state index in [0.717, 1.165) is 0 Å². The summed E-state index contributed by atoms with van der Waals surface area (Å²) in [5.41, 5.74) is -0.668. The zero-order chi connectivity index (χ0) is 14.0. The van der Waals surface area contributed by atoms with Gasteiger partial charge >= 0.3 is 0 Å². The second-order valence-electron chi connectivity index (χ2n) is 4.60. The first-order valence-corrected chi connectivity index (χ1v) is 5.82. The predicted octanol–water partition coefficient (Wildman–Crippen LogP) is 3.67. The first kappa shape index (κ1) is 13.3. The van der Waals surface area contributed by atoms with Crippen molar-refractivity contribution < 1.29 is 19.0 Å². The van der Waals surface area contributed by atoms with Gasteiger partial charge in [-0.3, -0.25) is 0 Å². The standard InChI is InChI=1S/C15H14F2O2/c1-15(14(16)17,10-2-6-12(18)7-3-10)11-4-8-13(19)9-5-11/h2-9,14,18-19H,1H3. The Hall–Kier alpha value is -2.10. The van der Waals surface area contributed by atoms with Crippen molar-refractivity contribution in [2.45, 2.75) is 18.8 Å². The molecule has 0 spiro atoms. The Kier molecular flexibility index (Phi) is 3.42. The van der Waals surface area contributed by atoms with E-state index in [-0.39, 0.29) is 11.5 Å². The molecule has 4 heteroatoms. The molecule has 0 bridgehead atoms. The van der Waals surface area contributed by atoms with Crippen LogP contribution in [0, 0.1) is 0 Å². The van der Waals surface area contributed by atoms with Crippen molar-refractivity contribution in [2.75, 3.05) is 0 Å². The summed E-state index contributed by atoms with van der Waals surface area (Å²) in [7, 11) is 0. The van der Waals surface area contributed by atoms with E-state index in [4.69, 9.17) is 0 Å². The van der Waals surface area contributed by atoms with Crippen LogP contribution in [0.5, 0.6) is 11.5 Å². The van der Waals surface area contributed by atoms with Crippen molar-refractivity contribution in [3.63, 3.8) is 0 Å². The largest absolute Gasteiger partial charge is 0.508 e. The second-order valence-corrected chi connectivity index (χ2v) is 4.60. The molecule has 2 N–H and O–H groups in total. The minimum absolute atomic E-state index is 0.0334. The fourth-order valence-corrected chi connectivity index (χ4v) is 2.03. The van der Waals surface area contributed by atoms with Gasteiger partial charge < -0.3 is 10.2 Å². The molecule has 0 unspecified atom stereocenters. The van der Waals surface area contributed by atoms with Crippen LogP contribution in [-0.4, -0.2) is 16.6 Å². The molecule has 2 nitrogen and oxygen atoms in total. The molecular weight excluding hydrogens is 250 g/mol. The van der Waals surface area contributed by atoms with Crippen LogP contribution in [0.1, 0.15) is 18.1 Å². The van der Waals surface area contributed by atoms with Gasteiger partial charge in [0.05, 0.1) is 5.41 Å². The molecule has 2 rings (SSSR count). The van der Waals surface area contributed by atoms with Crippen molar-refractivity contribution >= 4 is 0 Å². The topological polar surface area (TPSA) is 40.5 Å². The third-order valence-corrected chi connectivity index (χ3v) is 3.37. The fraction of sp³-hybridized carbons (Fsp3) is 0.200. The summed E-state index contributed by atoms with van der Waals surface area (Å²) >= 11 is 0. The zero-order valence-corrected chi connectivity index (χ0v) is 10.3. The number of rotatable bonds is 3. The fourth-order valence-electron chi connectivity index (χ4n) is 2.03.